The number of benzene rings is 2. The highest BCUT2D eigenvalue weighted by Gasteiger charge is 2.34. The zero-order valence-corrected chi connectivity index (χ0v) is 20.8. The minimum Gasteiger partial charge on any atom is -0.423 e. The van der Waals surface area contributed by atoms with Crippen LogP contribution in [0.3, 0.4) is 0 Å². The molecule has 3 nitrogen and oxygen atoms in total. The van der Waals surface area contributed by atoms with E-state index in [1.807, 2.05) is 0 Å². The Hall–Kier alpha value is -2.59. The lowest BCUT2D eigenvalue weighted by atomic mass is 9.75. The van der Waals surface area contributed by atoms with Gasteiger partial charge in [0.15, 0.2) is 23.7 Å². The van der Waals surface area contributed by atoms with Gasteiger partial charge in [0.2, 0.25) is 0 Å². The highest BCUT2D eigenvalue weighted by atomic mass is 19.3. The van der Waals surface area contributed by atoms with Crippen molar-refractivity contribution in [2.24, 2.45) is 17.8 Å². The van der Waals surface area contributed by atoms with Crippen LogP contribution in [0.1, 0.15) is 57.3 Å². The van der Waals surface area contributed by atoms with Crippen LogP contribution in [0.5, 0.6) is 5.75 Å². The number of ether oxygens (including phenoxy) is 3. The van der Waals surface area contributed by atoms with Crippen molar-refractivity contribution in [2.45, 2.75) is 57.8 Å². The van der Waals surface area contributed by atoms with Gasteiger partial charge < -0.3 is 14.2 Å². The van der Waals surface area contributed by atoms with Crippen LogP contribution in [0, 0.1) is 35.2 Å². The summed E-state index contributed by atoms with van der Waals surface area (Å²) in [5.74, 6) is -4.02. The lowest BCUT2D eigenvalue weighted by molar-refractivity contribution is -0.214. The van der Waals surface area contributed by atoms with Gasteiger partial charge in [-0.05, 0) is 48.4 Å². The Balaban J connectivity index is 1.41. The molecule has 0 atom stereocenters. The second kappa shape index (κ2) is 12.1. The standard InChI is InChI=1S/C28H29F7O3/c1-2-3-16-4-6-17(7-5-16)20-14-36-27(37-15-20)18-8-9-21(22(29)10-18)19-11-23(30)26(24(31)12-19)38-28(34,35)13-25(32)33/h8-13,16-17,20,27H,2-7,14-15H2,1H3. The molecule has 0 unspecified atom stereocenters. The van der Waals surface area contributed by atoms with E-state index >= 15 is 0 Å². The van der Waals surface area contributed by atoms with Crippen molar-refractivity contribution in [3.8, 4) is 16.9 Å². The van der Waals surface area contributed by atoms with Crippen molar-refractivity contribution < 1.29 is 44.9 Å². The van der Waals surface area contributed by atoms with Crippen molar-refractivity contribution in [1.82, 2.24) is 0 Å². The van der Waals surface area contributed by atoms with Gasteiger partial charge in [-0.25, -0.2) is 13.2 Å². The van der Waals surface area contributed by atoms with Crippen LogP contribution in [0.25, 0.3) is 11.1 Å². The van der Waals surface area contributed by atoms with Gasteiger partial charge in [0.05, 0.1) is 19.3 Å². The monoisotopic (exact) mass is 546 g/mol. The highest BCUT2D eigenvalue weighted by Crippen LogP contribution is 2.39. The van der Waals surface area contributed by atoms with Crippen molar-refractivity contribution in [3.05, 3.63) is 65.5 Å². The minimum absolute atomic E-state index is 0.211. The first-order chi connectivity index (χ1) is 18.1. The highest BCUT2D eigenvalue weighted by molar-refractivity contribution is 5.66. The van der Waals surface area contributed by atoms with Crippen LogP contribution >= 0.6 is 0 Å². The van der Waals surface area contributed by atoms with Gasteiger partial charge in [-0.3, -0.25) is 0 Å². The Morgan fingerprint density at radius 3 is 2.11 bits per heavy atom. The topological polar surface area (TPSA) is 27.7 Å². The van der Waals surface area contributed by atoms with Gasteiger partial charge in [0.1, 0.15) is 5.82 Å². The third kappa shape index (κ3) is 6.88. The van der Waals surface area contributed by atoms with E-state index in [0.29, 0.717) is 36.8 Å². The minimum atomic E-state index is -4.65. The summed E-state index contributed by atoms with van der Waals surface area (Å²) in [4.78, 5) is 0. The van der Waals surface area contributed by atoms with E-state index in [1.165, 1.54) is 37.8 Å². The Kier molecular flexibility index (Phi) is 9.03. The van der Waals surface area contributed by atoms with E-state index in [0.717, 1.165) is 24.8 Å². The molecule has 0 N–H and O–H groups in total. The first-order valence-electron chi connectivity index (χ1n) is 12.7. The second-order valence-corrected chi connectivity index (χ2v) is 9.93. The molecule has 1 saturated carbocycles. The second-order valence-electron chi connectivity index (χ2n) is 9.93. The molecule has 0 bridgehead atoms. The molecule has 2 fully saturated rings. The summed E-state index contributed by atoms with van der Waals surface area (Å²) in [6.07, 6.45) is -1.91. The number of halogens is 7. The van der Waals surface area contributed by atoms with E-state index in [4.69, 9.17) is 9.47 Å². The lowest BCUT2D eigenvalue weighted by Gasteiger charge is -2.37. The zero-order chi connectivity index (χ0) is 27.4. The molecule has 0 amide bonds. The molecule has 38 heavy (non-hydrogen) atoms. The average Bonchev–Trinajstić information content (AvgIpc) is 2.86. The summed E-state index contributed by atoms with van der Waals surface area (Å²) in [5.41, 5.74) is -0.120. The normalized spacial score (nSPS) is 24.2. The summed E-state index contributed by atoms with van der Waals surface area (Å²) in [5, 5.41) is 0. The average molecular weight is 547 g/mol. The number of alkyl halides is 2. The van der Waals surface area contributed by atoms with Crippen LogP contribution in [0.4, 0.5) is 30.7 Å². The van der Waals surface area contributed by atoms with Crippen molar-refractivity contribution in [2.75, 3.05) is 13.2 Å². The summed E-state index contributed by atoms with van der Waals surface area (Å²) < 4.78 is 110. The third-order valence-electron chi connectivity index (χ3n) is 7.27. The first kappa shape index (κ1) is 28.4. The molecule has 0 spiro atoms. The Morgan fingerprint density at radius 1 is 0.921 bits per heavy atom. The van der Waals surface area contributed by atoms with E-state index in [-0.39, 0.29) is 17.0 Å². The number of rotatable bonds is 8. The lowest BCUT2D eigenvalue weighted by Crippen LogP contribution is -2.34. The number of hydrogen-bond acceptors (Lipinski definition) is 3. The summed E-state index contributed by atoms with van der Waals surface area (Å²) in [6.45, 7) is 3.18. The van der Waals surface area contributed by atoms with Gasteiger partial charge in [-0.2, -0.15) is 17.6 Å². The van der Waals surface area contributed by atoms with Crippen LogP contribution in [-0.4, -0.2) is 19.3 Å². The largest absolute Gasteiger partial charge is 0.425 e. The van der Waals surface area contributed by atoms with Gasteiger partial charge >= 0.3 is 6.11 Å². The Morgan fingerprint density at radius 2 is 1.55 bits per heavy atom. The molecule has 0 aromatic heterocycles. The van der Waals surface area contributed by atoms with Crippen molar-refractivity contribution in [1.29, 1.82) is 0 Å². The maximum atomic E-state index is 14.9. The van der Waals surface area contributed by atoms with E-state index in [2.05, 4.69) is 11.7 Å². The molecule has 2 aliphatic rings. The number of hydrogen-bond donors (Lipinski definition) is 0. The van der Waals surface area contributed by atoms with Crippen LogP contribution in [-0.2, 0) is 9.47 Å². The smallest absolute Gasteiger partial charge is 0.423 e. The molecule has 208 valence electrons. The molecule has 2 aromatic rings. The Bertz CT molecular complexity index is 1110. The predicted molar refractivity (Wildman–Crippen MR) is 126 cm³/mol. The summed E-state index contributed by atoms with van der Waals surface area (Å²) >= 11 is 0. The van der Waals surface area contributed by atoms with Gasteiger partial charge in [0, 0.05) is 17.0 Å². The van der Waals surface area contributed by atoms with E-state index in [9.17, 15) is 30.7 Å². The maximum Gasteiger partial charge on any atom is 0.425 e. The van der Waals surface area contributed by atoms with E-state index in [1.54, 1.807) is 0 Å². The van der Waals surface area contributed by atoms with Crippen LogP contribution in [0.15, 0.2) is 42.5 Å². The molecule has 1 aliphatic heterocycles. The fourth-order valence-electron chi connectivity index (χ4n) is 5.36. The molecule has 1 saturated heterocycles. The fraction of sp³-hybridized carbons (Fsp3) is 0.500. The van der Waals surface area contributed by atoms with Gasteiger partial charge in [-0.1, -0.05) is 44.7 Å². The molecule has 1 heterocycles. The van der Waals surface area contributed by atoms with Gasteiger partial charge in [-0.15, -0.1) is 0 Å². The first-order valence-corrected chi connectivity index (χ1v) is 12.7. The summed E-state index contributed by atoms with van der Waals surface area (Å²) in [6, 6.07) is 5.04. The molecule has 0 radical (unpaired) electrons. The quantitative estimate of drug-likeness (QED) is 0.310. The predicted octanol–water partition coefficient (Wildman–Crippen LogP) is 8.79. The van der Waals surface area contributed by atoms with Crippen LogP contribution < -0.4 is 4.74 Å². The van der Waals surface area contributed by atoms with Crippen LogP contribution in [0.2, 0.25) is 0 Å². The fourth-order valence-corrected chi connectivity index (χ4v) is 5.36. The van der Waals surface area contributed by atoms with Crippen molar-refractivity contribution >= 4 is 0 Å². The van der Waals surface area contributed by atoms with Crippen molar-refractivity contribution in [3.63, 3.8) is 0 Å². The van der Waals surface area contributed by atoms with E-state index < -0.39 is 47.8 Å². The molecule has 10 heteroatoms. The summed E-state index contributed by atoms with van der Waals surface area (Å²) in [7, 11) is 0. The third-order valence-corrected chi connectivity index (χ3v) is 7.27. The maximum absolute atomic E-state index is 14.9. The molecule has 1 aliphatic carbocycles. The zero-order valence-electron chi connectivity index (χ0n) is 20.8. The Labute approximate surface area is 216 Å². The molecular weight excluding hydrogens is 517 g/mol. The molecule has 4 rings (SSSR count). The molecule has 2 aromatic carbocycles. The van der Waals surface area contributed by atoms with Gasteiger partial charge in [0.25, 0.3) is 6.08 Å². The SMILES string of the molecule is CCCC1CCC(C2COC(c3ccc(-c4cc(F)c(OC(F)(F)C=C(F)F)c(F)c4)c(F)c3)OC2)CC1. The molecular formula is C28H29F7O3.